The molecule has 0 saturated carbocycles. The second kappa shape index (κ2) is 4.95. The summed E-state index contributed by atoms with van der Waals surface area (Å²) in [5.41, 5.74) is 1.00. The van der Waals surface area contributed by atoms with Crippen molar-refractivity contribution >= 4 is 11.8 Å². The van der Waals surface area contributed by atoms with Crippen LogP contribution in [0, 0.1) is 5.92 Å². The Morgan fingerprint density at radius 3 is 2.65 bits per heavy atom. The highest BCUT2D eigenvalue weighted by atomic mass is 16.5. The molecular formula is C14H14O3. The van der Waals surface area contributed by atoms with Gasteiger partial charge in [-0.15, -0.1) is 0 Å². The fourth-order valence-corrected chi connectivity index (χ4v) is 2.20. The number of benzene rings is 1. The van der Waals surface area contributed by atoms with Crippen molar-refractivity contribution in [3.63, 3.8) is 0 Å². The van der Waals surface area contributed by atoms with Gasteiger partial charge in [-0.1, -0.05) is 36.4 Å². The molecule has 0 fully saturated rings. The van der Waals surface area contributed by atoms with Crippen molar-refractivity contribution in [2.45, 2.75) is 12.3 Å². The van der Waals surface area contributed by atoms with E-state index in [0.29, 0.717) is 6.42 Å². The Labute approximate surface area is 100 Å². The third-order valence-corrected chi connectivity index (χ3v) is 3.06. The third-order valence-electron chi connectivity index (χ3n) is 3.06. The number of methoxy groups -OCH3 is 1. The first kappa shape index (κ1) is 11.6. The molecule has 17 heavy (non-hydrogen) atoms. The van der Waals surface area contributed by atoms with Crippen molar-refractivity contribution in [3.8, 4) is 0 Å². The Balaban J connectivity index is 2.35. The van der Waals surface area contributed by atoms with Gasteiger partial charge in [0.05, 0.1) is 7.11 Å². The molecule has 0 N–H and O–H groups in total. The second-order valence-electron chi connectivity index (χ2n) is 4.06. The zero-order chi connectivity index (χ0) is 12.3. The van der Waals surface area contributed by atoms with E-state index in [4.69, 9.17) is 4.74 Å². The quantitative estimate of drug-likeness (QED) is 0.577. The smallest absolute Gasteiger partial charge is 0.317 e. The zero-order valence-electron chi connectivity index (χ0n) is 9.63. The van der Waals surface area contributed by atoms with Crippen LogP contribution in [0.4, 0.5) is 0 Å². The fourth-order valence-electron chi connectivity index (χ4n) is 2.20. The Morgan fingerprint density at radius 2 is 2.00 bits per heavy atom. The summed E-state index contributed by atoms with van der Waals surface area (Å²) in [5, 5.41) is 0. The van der Waals surface area contributed by atoms with E-state index in [2.05, 4.69) is 0 Å². The summed E-state index contributed by atoms with van der Waals surface area (Å²) in [6.45, 7) is 0. The molecule has 2 rings (SSSR count). The summed E-state index contributed by atoms with van der Waals surface area (Å²) in [6, 6.07) is 9.61. The lowest BCUT2D eigenvalue weighted by Gasteiger charge is -2.25. The molecule has 0 spiro atoms. The molecule has 0 aromatic heterocycles. The third kappa shape index (κ3) is 2.28. The standard InChI is InChI=1S/C14H14O3/c1-17-14(16)13-11(8-5-9-12(13)15)10-6-3-2-4-7-10/h2-7,9,11,13H,8H2,1H3/t11-,13-/m1/s1. The van der Waals surface area contributed by atoms with Crippen LogP contribution in [0.2, 0.25) is 0 Å². The van der Waals surface area contributed by atoms with E-state index in [0.717, 1.165) is 5.56 Å². The molecule has 0 bridgehead atoms. The normalized spacial score (nSPS) is 23.5. The van der Waals surface area contributed by atoms with E-state index in [1.54, 1.807) is 0 Å². The van der Waals surface area contributed by atoms with Gasteiger partial charge in [0.2, 0.25) is 0 Å². The Morgan fingerprint density at radius 1 is 1.29 bits per heavy atom. The van der Waals surface area contributed by atoms with Crippen LogP contribution in [0.25, 0.3) is 0 Å². The van der Waals surface area contributed by atoms with Gasteiger partial charge in [-0.25, -0.2) is 0 Å². The van der Waals surface area contributed by atoms with Crippen LogP contribution in [0.3, 0.4) is 0 Å². The van der Waals surface area contributed by atoms with Crippen LogP contribution in [0.1, 0.15) is 17.9 Å². The van der Waals surface area contributed by atoms with Gasteiger partial charge in [0.1, 0.15) is 5.92 Å². The first-order valence-electron chi connectivity index (χ1n) is 5.57. The molecular weight excluding hydrogens is 216 g/mol. The van der Waals surface area contributed by atoms with Gasteiger partial charge in [0.25, 0.3) is 0 Å². The minimum Gasteiger partial charge on any atom is -0.468 e. The number of allylic oxidation sites excluding steroid dienone is 2. The minimum absolute atomic E-state index is 0.110. The van der Waals surface area contributed by atoms with Crippen LogP contribution in [-0.4, -0.2) is 18.9 Å². The van der Waals surface area contributed by atoms with Gasteiger partial charge in [-0.2, -0.15) is 0 Å². The van der Waals surface area contributed by atoms with E-state index in [1.165, 1.54) is 13.2 Å². The number of carbonyl (C=O) groups excluding carboxylic acids is 2. The van der Waals surface area contributed by atoms with Crippen molar-refractivity contribution in [1.29, 1.82) is 0 Å². The van der Waals surface area contributed by atoms with Crippen LogP contribution >= 0.6 is 0 Å². The van der Waals surface area contributed by atoms with Gasteiger partial charge in [0, 0.05) is 5.92 Å². The molecule has 0 unspecified atom stereocenters. The highest BCUT2D eigenvalue weighted by Gasteiger charge is 2.36. The summed E-state index contributed by atoms with van der Waals surface area (Å²) >= 11 is 0. The monoisotopic (exact) mass is 230 g/mol. The van der Waals surface area contributed by atoms with Crippen LogP contribution in [0.15, 0.2) is 42.5 Å². The van der Waals surface area contributed by atoms with Gasteiger partial charge in [-0.3, -0.25) is 9.59 Å². The predicted molar refractivity (Wildman–Crippen MR) is 63.5 cm³/mol. The largest absolute Gasteiger partial charge is 0.468 e. The van der Waals surface area contributed by atoms with Crippen molar-refractivity contribution < 1.29 is 14.3 Å². The predicted octanol–water partition coefficient (Wildman–Crippen LogP) is 2.09. The highest BCUT2D eigenvalue weighted by Crippen LogP contribution is 2.33. The molecule has 3 nitrogen and oxygen atoms in total. The van der Waals surface area contributed by atoms with Crippen molar-refractivity contribution in [3.05, 3.63) is 48.0 Å². The van der Waals surface area contributed by atoms with Gasteiger partial charge in [-0.05, 0) is 18.1 Å². The molecule has 0 aliphatic heterocycles. The Hall–Kier alpha value is -1.90. The highest BCUT2D eigenvalue weighted by molar-refractivity contribution is 6.06. The van der Waals surface area contributed by atoms with E-state index in [9.17, 15) is 9.59 Å². The summed E-state index contributed by atoms with van der Waals surface area (Å²) < 4.78 is 4.72. The van der Waals surface area contributed by atoms with Gasteiger partial charge in [0.15, 0.2) is 5.78 Å². The lowest BCUT2D eigenvalue weighted by molar-refractivity contribution is -0.149. The van der Waals surface area contributed by atoms with E-state index >= 15 is 0 Å². The molecule has 0 amide bonds. The molecule has 0 radical (unpaired) electrons. The Kier molecular flexibility index (Phi) is 3.38. The first-order valence-corrected chi connectivity index (χ1v) is 5.57. The maximum atomic E-state index is 11.8. The van der Waals surface area contributed by atoms with Crippen LogP contribution < -0.4 is 0 Å². The van der Waals surface area contributed by atoms with Crippen molar-refractivity contribution in [1.82, 2.24) is 0 Å². The number of rotatable bonds is 2. The molecule has 1 aliphatic rings. The number of hydrogen-bond acceptors (Lipinski definition) is 3. The molecule has 0 heterocycles. The lowest BCUT2D eigenvalue weighted by Crippen LogP contribution is -2.32. The molecule has 2 atom stereocenters. The first-order chi connectivity index (χ1) is 8.24. The number of ether oxygens (including phenoxy) is 1. The molecule has 1 aromatic carbocycles. The average molecular weight is 230 g/mol. The number of esters is 1. The van der Waals surface area contributed by atoms with E-state index < -0.39 is 11.9 Å². The lowest BCUT2D eigenvalue weighted by atomic mass is 9.78. The van der Waals surface area contributed by atoms with Gasteiger partial charge < -0.3 is 4.74 Å². The summed E-state index contributed by atoms with van der Waals surface area (Å²) in [7, 11) is 1.32. The molecule has 0 saturated heterocycles. The second-order valence-corrected chi connectivity index (χ2v) is 4.06. The zero-order valence-corrected chi connectivity index (χ0v) is 9.63. The molecule has 1 aliphatic carbocycles. The SMILES string of the molecule is COC(=O)[C@H]1C(=O)C=CC[C@@H]1c1ccccc1. The number of ketones is 1. The average Bonchev–Trinajstić information content (AvgIpc) is 2.38. The maximum Gasteiger partial charge on any atom is 0.317 e. The van der Waals surface area contributed by atoms with Crippen LogP contribution in [0.5, 0.6) is 0 Å². The maximum absolute atomic E-state index is 11.8. The molecule has 88 valence electrons. The number of carbonyl (C=O) groups is 2. The Bertz CT molecular complexity index is 448. The molecule has 1 aromatic rings. The molecule has 3 heteroatoms. The van der Waals surface area contributed by atoms with Crippen LogP contribution in [-0.2, 0) is 14.3 Å². The van der Waals surface area contributed by atoms with E-state index in [-0.39, 0.29) is 11.7 Å². The van der Waals surface area contributed by atoms with E-state index in [1.807, 2.05) is 36.4 Å². The van der Waals surface area contributed by atoms with Crippen molar-refractivity contribution in [2.75, 3.05) is 7.11 Å². The minimum atomic E-state index is -0.701. The van der Waals surface area contributed by atoms with Crippen molar-refractivity contribution in [2.24, 2.45) is 5.92 Å². The summed E-state index contributed by atoms with van der Waals surface area (Å²) in [4.78, 5) is 23.5. The fraction of sp³-hybridized carbons (Fsp3) is 0.286. The summed E-state index contributed by atoms with van der Waals surface area (Å²) in [6.07, 6.45) is 3.98. The van der Waals surface area contributed by atoms with Gasteiger partial charge >= 0.3 is 5.97 Å². The summed E-state index contributed by atoms with van der Waals surface area (Å²) in [5.74, 6) is -1.43. The number of hydrogen-bond donors (Lipinski definition) is 0. The topological polar surface area (TPSA) is 43.4 Å².